The van der Waals surface area contributed by atoms with Crippen LogP contribution in [0.25, 0.3) is 0 Å². The van der Waals surface area contributed by atoms with E-state index >= 15 is 0 Å². The van der Waals surface area contributed by atoms with E-state index in [-0.39, 0.29) is 11.2 Å². The van der Waals surface area contributed by atoms with Gasteiger partial charge in [0.2, 0.25) is 5.91 Å². The van der Waals surface area contributed by atoms with Crippen molar-refractivity contribution in [3.8, 4) is 6.07 Å². The van der Waals surface area contributed by atoms with Crippen LogP contribution >= 0.6 is 11.8 Å². The molecule has 0 saturated heterocycles. The number of benzene rings is 1. The standard InChI is InChI=1S/C14H15N5OS/c1-9(21-14-18-17-10(2)19(14)3)13(20)16-12-6-4-5-11(7-12)8-15/h4-7,9H,1-3H3,(H,16,20)/t9-/m1/s1. The Labute approximate surface area is 127 Å². The zero-order chi connectivity index (χ0) is 15.4. The number of aromatic nitrogens is 3. The lowest BCUT2D eigenvalue weighted by Crippen LogP contribution is -2.22. The van der Waals surface area contributed by atoms with Crippen molar-refractivity contribution in [2.75, 3.05) is 5.32 Å². The molecule has 1 aromatic heterocycles. The zero-order valence-corrected chi connectivity index (χ0v) is 12.8. The number of carbonyl (C=O) groups excluding carboxylic acids is 1. The number of hydrogen-bond acceptors (Lipinski definition) is 5. The molecule has 6 nitrogen and oxygen atoms in total. The van der Waals surface area contributed by atoms with E-state index in [1.54, 1.807) is 31.2 Å². The number of amides is 1. The van der Waals surface area contributed by atoms with Crippen molar-refractivity contribution >= 4 is 23.4 Å². The fourth-order valence-electron chi connectivity index (χ4n) is 1.61. The number of rotatable bonds is 4. The normalized spacial score (nSPS) is 11.7. The van der Waals surface area contributed by atoms with E-state index in [1.165, 1.54) is 11.8 Å². The van der Waals surface area contributed by atoms with Gasteiger partial charge in [-0.2, -0.15) is 5.26 Å². The van der Waals surface area contributed by atoms with E-state index in [1.807, 2.05) is 24.6 Å². The summed E-state index contributed by atoms with van der Waals surface area (Å²) in [5, 5.41) is 20.0. The Kier molecular flexibility index (Phi) is 4.60. The molecule has 0 aliphatic carbocycles. The lowest BCUT2D eigenvalue weighted by atomic mass is 10.2. The molecule has 1 heterocycles. The minimum absolute atomic E-state index is 0.143. The molecular formula is C14H15N5OS. The summed E-state index contributed by atoms with van der Waals surface area (Å²) in [4.78, 5) is 12.2. The fraction of sp³-hybridized carbons (Fsp3) is 0.286. The second kappa shape index (κ2) is 6.41. The summed E-state index contributed by atoms with van der Waals surface area (Å²) in [7, 11) is 1.86. The molecule has 2 aromatic rings. The van der Waals surface area contributed by atoms with Crippen molar-refractivity contribution in [1.29, 1.82) is 5.26 Å². The van der Waals surface area contributed by atoms with E-state index in [0.29, 0.717) is 16.4 Å². The Morgan fingerprint density at radius 2 is 2.24 bits per heavy atom. The maximum absolute atomic E-state index is 12.2. The van der Waals surface area contributed by atoms with Gasteiger partial charge in [-0.1, -0.05) is 17.8 Å². The highest BCUT2D eigenvalue weighted by Gasteiger charge is 2.18. The van der Waals surface area contributed by atoms with Crippen LogP contribution in [0.1, 0.15) is 18.3 Å². The molecule has 108 valence electrons. The van der Waals surface area contributed by atoms with E-state index in [9.17, 15) is 4.79 Å². The highest BCUT2D eigenvalue weighted by Crippen LogP contribution is 2.22. The van der Waals surface area contributed by atoms with Gasteiger partial charge in [0.15, 0.2) is 5.16 Å². The average Bonchev–Trinajstić information content (AvgIpc) is 2.79. The molecule has 0 radical (unpaired) electrons. The first kappa shape index (κ1) is 15.1. The number of nitrogens with zero attached hydrogens (tertiary/aromatic N) is 4. The van der Waals surface area contributed by atoms with Gasteiger partial charge in [-0.3, -0.25) is 4.79 Å². The molecular weight excluding hydrogens is 286 g/mol. The van der Waals surface area contributed by atoms with Gasteiger partial charge in [-0.25, -0.2) is 0 Å². The molecule has 0 aliphatic heterocycles. The summed E-state index contributed by atoms with van der Waals surface area (Å²) in [5.74, 6) is 0.655. The van der Waals surface area contributed by atoms with Gasteiger partial charge < -0.3 is 9.88 Å². The molecule has 1 N–H and O–H groups in total. The number of hydrogen-bond donors (Lipinski definition) is 1. The summed E-state index contributed by atoms with van der Waals surface area (Å²) < 4.78 is 1.84. The van der Waals surface area contributed by atoms with Gasteiger partial charge in [0, 0.05) is 12.7 Å². The SMILES string of the molecule is Cc1nnc(S[C@H](C)C(=O)Nc2cccc(C#N)c2)n1C. The number of carbonyl (C=O) groups is 1. The molecule has 0 fully saturated rings. The summed E-state index contributed by atoms with van der Waals surface area (Å²) in [6.07, 6.45) is 0. The van der Waals surface area contributed by atoms with Gasteiger partial charge in [-0.05, 0) is 32.0 Å². The average molecular weight is 301 g/mol. The van der Waals surface area contributed by atoms with Crippen LogP contribution in [0.3, 0.4) is 0 Å². The Bertz CT molecular complexity index is 704. The van der Waals surface area contributed by atoms with Crippen molar-refractivity contribution in [1.82, 2.24) is 14.8 Å². The molecule has 1 amide bonds. The maximum Gasteiger partial charge on any atom is 0.237 e. The van der Waals surface area contributed by atoms with Crippen LogP contribution in [-0.2, 0) is 11.8 Å². The van der Waals surface area contributed by atoms with Gasteiger partial charge >= 0.3 is 0 Å². The Hall–Kier alpha value is -2.33. The van der Waals surface area contributed by atoms with Crippen LogP contribution < -0.4 is 5.32 Å². The molecule has 21 heavy (non-hydrogen) atoms. The Balaban J connectivity index is 2.02. The Morgan fingerprint density at radius 3 is 2.86 bits per heavy atom. The molecule has 7 heteroatoms. The van der Waals surface area contributed by atoms with Crippen molar-refractivity contribution in [3.63, 3.8) is 0 Å². The first-order valence-electron chi connectivity index (χ1n) is 6.35. The summed E-state index contributed by atoms with van der Waals surface area (Å²) >= 11 is 1.34. The quantitative estimate of drug-likeness (QED) is 0.874. The second-order valence-electron chi connectivity index (χ2n) is 4.53. The largest absolute Gasteiger partial charge is 0.325 e. The van der Waals surface area contributed by atoms with E-state index < -0.39 is 0 Å². The third-order valence-electron chi connectivity index (χ3n) is 2.96. The third kappa shape index (κ3) is 3.61. The van der Waals surface area contributed by atoms with Crippen molar-refractivity contribution in [2.45, 2.75) is 24.3 Å². The van der Waals surface area contributed by atoms with Gasteiger partial charge in [0.1, 0.15) is 5.82 Å². The van der Waals surface area contributed by atoms with Crippen molar-refractivity contribution in [3.05, 3.63) is 35.7 Å². The monoisotopic (exact) mass is 301 g/mol. The van der Waals surface area contributed by atoms with Crippen LogP contribution in [-0.4, -0.2) is 25.9 Å². The highest BCUT2D eigenvalue weighted by atomic mass is 32.2. The highest BCUT2D eigenvalue weighted by molar-refractivity contribution is 8.00. The second-order valence-corrected chi connectivity index (χ2v) is 5.84. The number of nitrogens with one attached hydrogen (secondary N) is 1. The maximum atomic E-state index is 12.2. The molecule has 2 rings (SSSR count). The van der Waals surface area contributed by atoms with Crippen LogP contribution in [0.2, 0.25) is 0 Å². The summed E-state index contributed by atoms with van der Waals surface area (Å²) in [6.45, 7) is 3.66. The molecule has 0 bridgehead atoms. The number of nitriles is 1. The molecule has 0 aliphatic rings. The first-order chi connectivity index (χ1) is 10.0. The lowest BCUT2D eigenvalue weighted by Gasteiger charge is -2.11. The van der Waals surface area contributed by atoms with E-state index in [2.05, 4.69) is 15.5 Å². The zero-order valence-electron chi connectivity index (χ0n) is 12.0. The van der Waals surface area contributed by atoms with Crippen molar-refractivity contribution in [2.24, 2.45) is 7.05 Å². The summed E-state index contributed by atoms with van der Waals surface area (Å²) in [5.41, 5.74) is 1.12. The number of anilines is 1. The predicted octanol–water partition coefficient (Wildman–Crippen LogP) is 2.11. The lowest BCUT2D eigenvalue weighted by molar-refractivity contribution is -0.115. The predicted molar refractivity (Wildman–Crippen MR) is 80.8 cm³/mol. The van der Waals surface area contributed by atoms with E-state index in [4.69, 9.17) is 5.26 Å². The fourth-order valence-corrected chi connectivity index (χ4v) is 2.47. The van der Waals surface area contributed by atoms with Crippen LogP contribution in [0.5, 0.6) is 0 Å². The first-order valence-corrected chi connectivity index (χ1v) is 7.23. The molecule has 1 aromatic carbocycles. The van der Waals surface area contributed by atoms with Gasteiger partial charge in [0.25, 0.3) is 0 Å². The van der Waals surface area contributed by atoms with Gasteiger partial charge in [-0.15, -0.1) is 10.2 Å². The molecule has 0 saturated carbocycles. The van der Waals surface area contributed by atoms with Crippen LogP contribution in [0, 0.1) is 18.3 Å². The molecule has 0 spiro atoms. The van der Waals surface area contributed by atoms with Crippen molar-refractivity contribution < 1.29 is 4.79 Å². The third-order valence-corrected chi connectivity index (χ3v) is 4.10. The molecule has 0 unspecified atom stereocenters. The minimum Gasteiger partial charge on any atom is -0.325 e. The number of thioether (sulfide) groups is 1. The summed E-state index contributed by atoms with van der Waals surface area (Å²) in [6, 6.07) is 8.86. The topological polar surface area (TPSA) is 83.6 Å². The van der Waals surface area contributed by atoms with Gasteiger partial charge in [0.05, 0.1) is 16.9 Å². The van der Waals surface area contributed by atoms with E-state index in [0.717, 1.165) is 5.82 Å². The molecule has 1 atom stereocenters. The number of aryl methyl sites for hydroxylation is 1. The Morgan fingerprint density at radius 1 is 1.48 bits per heavy atom. The van der Waals surface area contributed by atoms with Crippen LogP contribution in [0.4, 0.5) is 5.69 Å². The smallest absolute Gasteiger partial charge is 0.237 e. The van der Waals surface area contributed by atoms with Crippen LogP contribution in [0.15, 0.2) is 29.4 Å². The minimum atomic E-state index is -0.321.